The maximum atomic E-state index is 13.7. The van der Waals surface area contributed by atoms with E-state index in [0.29, 0.717) is 0 Å². The van der Waals surface area contributed by atoms with Gasteiger partial charge in [0.25, 0.3) is 17.8 Å². The van der Waals surface area contributed by atoms with Gasteiger partial charge in [-0.25, -0.2) is 4.98 Å². The number of nitrogens with one attached hydrogen (secondary N) is 3. The Morgan fingerprint density at radius 2 is 1.85 bits per heavy atom. The van der Waals surface area contributed by atoms with Crippen LogP contribution in [-0.2, 0) is 39.6 Å². The summed E-state index contributed by atoms with van der Waals surface area (Å²) in [6, 6.07) is 8.03. The second kappa shape index (κ2) is 14.3. The Kier molecular flexibility index (Phi) is 10.9. The van der Waals surface area contributed by atoms with Crippen LogP contribution in [0.5, 0.6) is 0 Å². The number of hydrogen-bond donors (Lipinski definition) is 3. The average molecular weight is 567 g/mol. The molecule has 0 radical (unpaired) electrons. The Morgan fingerprint density at radius 1 is 1.12 bits per heavy atom. The number of methoxy groups -OCH3 is 1. The number of benzene rings is 1. The van der Waals surface area contributed by atoms with Gasteiger partial charge in [0.15, 0.2) is 5.60 Å². The molecule has 14 heteroatoms. The predicted molar refractivity (Wildman–Crippen MR) is 146 cm³/mol. The molecule has 1 saturated heterocycles. The number of carbonyl (C=O) groups is 5. The summed E-state index contributed by atoms with van der Waals surface area (Å²) in [5.74, 6) is -4.39. The number of hydrogen-bond acceptors (Lipinski definition) is 10. The number of carbonyl (C=O) groups excluding carboxylic acids is 5. The highest BCUT2D eigenvalue weighted by Gasteiger charge is 2.54. The van der Waals surface area contributed by atoms with E-state index in [1.165, 1.54) is 25.6 Å². The molecular formula is C27H34BN5O8. The van der Waals surface area contributed by atoms with Crippen LogP contribution >= 0.6 is 0 Å². The molecule has 3 rings (SSSR count). The Hall–Kier alpha value is -4.33. The molecule has 3 amide bonds. The van der Waals surface area contributed by atoms with E-state index >= 15 is 0 Å². The minimum atomic E-state index is -1.90. The van der Waals surface area contributed by atoms with Crippen LogP contribution < -0.4 is 16.0 Å². The maximum Gasteiger partial charge on any atom is 0.552 e. The fourth-order valence-electron chi connectivity index (χ4n) is 4.44. The van der Waals surface area contributed by atoms with Crippen LogP contribution in [-0.4, -0.2) is 78.5 Å². The minimum Gasteiger partial charge on any atom is -0.508 e. The van der Waals surface area contributed by atoms with E-state index in [2.05, 4.69) is 25.9 Å². The van der Waals surface area contributed by atoms with Crippen LogP contribution in [0.3, 0.4) is 0 Å². The van der Waals surface area contributed by atoms with Crippen LogP contribution in [0.25, 0.3) is 0 Å². The maximum absolute atomic E-state index is 13.7. The van der Waals surface area contributed by atoms with Crippen LogP contribution in [0.15, 0.2) is 48.9 Å². The molecule has 0 saturated carbocycles. The van der Waals surface area contributed by atoms with Crippen LogP contribution in [0.1, 0.15) is 49.2 Å². The first-order valence-electron chi connectivity index (χ1n) is 13.1. The van der Waals surface area contributed by atoms with Gasteiger partial charge in [-0.3, -0.25) is 29.0 Å². The van der Waals surface area contributed by atoms with Gasteiger partial charge in [0.2, 0.25) is 5.91 Å². The summed E-state index contributed by atoms with van der Waals surface area (Å²) in [5.41, 5.74) is -1.09. The summed E-state index contributed by atoms with van der Waals surface area (Å²) in [7, 11) is 1.10. The molecule has 2 heterocycles. The summed E-state index contributed by atoms with van der Waals surface area (Å²) in [5, 5.41) is 7.96. The average Bonchev–Trinajstić information content (AvgIpc) is 2.96. The zero-order chi connectivity index (χ0) is 30.0. The molecule has 1 aliphatic rings. The van der Waals surface area contributed by atoms with Crippen LogP contribution in [0, 0.1) is 5.92 Å². The molecule has 1 aromatic heterocycles. The quantitative estimate of drug-likeness (QED) is 0.240. The lowest BCUT2D eigenvalue weighted by atomic mass is 9.70. The minimum absolute atomic E-state index is 0.0127. The second-order valence-electron chi connectivity index (χ2n) is 10.0. The fourth-order valence-corrected chi connectivity index (χ4v) is 4.44. The van der Waals surface area contributed by atoms with Crippen molar-refractivity contribution in [3.63, 3.8) is 0 Å². The Bertz CT molecular complexity index is 1230. The predicted octanol–water partition coefficient (Wildman–Crippen LogP) is 0.387. The van der Waals surface area contributed by atoms with E-state index in [1.807, 2.05) is 44.2 Å². The lowest BCUT2D eigenvalue weighted by molar-refractivity contribution is -0.165. The van der Waals surface area contributed by atoms with Crippen molar-refractivity contribution in [2.75, 3.05) is 14.2 Å². The van der Waals surface area contributed by atoms with E-state index in [0.717, 1.165) is 12.7 Å². The normalized spacial score (nSPS) is 18.1. The molecule has 41 heavy (non-hydrogen) atoms. The van der Waals surface area contributed by atoms with Crippen molar-refractivity contribution >= 4 is 36.8 Å². The molecule has 2 aromatic rings. The van der Waals surface area contributed by atoms with Gasteiger partial charge in [0.05, 0.1) is 32.1 Å². The highest BCUT2D eigenvalue weighted by molar-refractivity contribution is 6.50. The van der Waals surface area contributed by atoms with Crippen molar-refractivity contribution in [2.24, 2.45) is 5.92 Å². The zero-order valence-electron chi connectivity index (χ0n) is 23.4. The first-order valence-corrected chi connectivity index (χ1v) is 13.1. The molecule has 0 unspecified atom stereocenters. The van der Waals surface area contributed by atoms with Gasteiger partial charge in [0.1, 0.15) is 11.7 Å². The van der Waals surface area contributed by atoms with Gasteiger partial charge in [-0.2, -0.15) is 0 Å². The summed E-state index contributed by atoms with van der Waals surface area (Å²) in [6.45, 7) is 3.78. The molecular weight excluding hydrogens is 533 g/mol. The summed E-state index contributed by atoms with van der Waals surface area (Å²) < 4.78 is 16.2. The van der Waals surface area contributed by atoms with Crippen molar-refractivity contribution in [2.45, 2.75) is 57.1 Å². The Morgan fingerprint density at radius 3 is 2.46 bits per heavy atom. The number of rotatable bonds is 12. The molecule has 0 spiro atoms. The summed E-state index contributed by atoms with van der Waals surface area (Å²) >= 11 is 0. The number of nitrogens with zero attached hydrogens (tertiary/aromatic N) is 2. The number of esters is 1. The molecule has 13 nitrogen and oxygen atoms in total. The monoisotopic (exact) mass is 567 g/mol. The zero-order valence-corrected chi connectivity index (χ0v) is 23.4. The number of likely N-dealkylation sites (N-methyl/N-ethyl adjacent to an activating group) is 1. The molecule has 1 fully saturated rings. The van der Waals surface area contributed by atoms with E-state index in [9.17, 15) is 24.0 Å². The highest BCUT2D eigenvalue weighted by Crippen LogP contribution is 2.30. The first-order chi connectivity index (χ1) is 19.6. The molecule has 0 bridgehead atoms. The largest absolute Gasteiger partial charge is 0.552 e. The van der Waals surface area contributed by atoms with Crippen molar-refractivity contribution in [1.82, 2.24) is 25.9 Å². The smallest absolute Gasteiger partial charge is 0.508 e. The van der Waals surface area contributed by atoms with E-state index in [1.54, 1.807) is 0 Å². The van der Waals surface area contributed by atoms with E-state index in [-0.39, 0.29) is 24.5 Å². The standard InChI is InChI=1S/C27H34BN5O8/c1-17(2)12-21(28-40-23(35)15-27(41-28,26(38)29-3)14-22(34)39-4)33-24(36)19(13-18-8-6-5-7-9-18)32-25(37)20-16-30-10-11-31-20/h5-11,16-17,19,21H,12-15H2,1-4H3,(H,29,38)(H,32,37)(H,33,36)/t19-,21-,27+/m0/s1. The number of ether oxygens (including phenoxy) is 1. The topological polar surface area (TPSA) is 175 Å². The fraction of sp³-hybridized carbons (Fsp3) is 0.444. The molecule has 0 aliphatic carbocycles. The summed E-state index contributed by atoms with van der Waals surface area (Å²) in [6.07, 6.45) is 3.43. The van der Waals surface area contributed by atoms with Crippen molar-refractivity contribution < 1.29 is 38.0 Å². The van der Waals surface area contributed by atoms with Gasteiger partial charge in [-0.15, -0.1) is 0 Å². The Labute approximate surface area is 238 Å². The molecule has 1 aromatic carbocycles. The van der Waals surface area contributed by atoms with Crippen LogP contribution in [0.4, 0.5) is 0 Å². The van der Waals surface area contributed by atoms with E-state index < -0.39 is 67.2 Å². The molecule has 218 valence electrons. The van der Waals surface area contributed by atoms with Crippen molar-refractivity contribution in [3.05, 3.63) is 60.2 Å². The number of amides is 3. The van der Waals surface area contributed by atoms with Crippen molar-refractivity contribution in [1.29, 1.82) is 0 Å². The molecule has 3 atom stereocenters. The first kappa shape index (κ1) is 31.2. The lowest BCUT2D eigenvalue weighted by Crippen LogP contribution is -2.64. The Balaban J connectivity index is 1.89. The summed E-state index contributed by atoms with van der Waals surface area (Å²) in [4.78, 5) is 72.2. The third kappa shape index (κ3) is 8.58. The third-order valence-corrected chi connectivity index (χ3v) is 6.40. The SMILES string of the molecule is CNC(=O)[C@@]1(CC(=O)OC)CC(=O)OB([C@H](CC(C)C)NC(=O)[C@H](Cc2ccccc2)NC(=O)c2cnccn2)O1. The molecule has 3 N–H and O–H groups in total. The van der Waals surface area contributed by atoms with Gasteiger partial charge >= 0.3 is 13.1 Å². The van der Waals surface area contributed by atoms with Gasteiger partial charge in [0, 0.05) is 25.9 Å². The van der Waals surface area contributed by atoms with E-state index in [4.69, 9.17) is 14.0 Å². The van der Waals surface area contributed by atoms with Crippen LogP contribution in [0.2, 0.25) is 0 Å². The highest BCUT2D eigenvalue weighted by atomic mass is 16.6. The van der Waals surface area contributed by atoms with Crippen molar-refractivity contribution in [3.8, 4) is 0 Å². The van der Waals surface area contributed by atoms with Gasteiger partial charge < -0.3 is 30.0 Å². The second-order valence-corrected chi connectivity index (χ2v) is 10.0. The lowest BCUT2D eigenvalue weighted by Gasteiger charge is -2.39. The van der Waals surface area contributed by atoms with Gasteiger partial charge in [-0.1, -0.05) is 44.2 Å². The molecule has 1 aliphatic heterocycles. The number of aromatic nitrogens is 2. The third-order valence-electron chi connectivity index (χ3n) is 6.40. The van der Waals surface area contributed by atoms with Gasteiger partial charge in [-0.05, 0) is 17.9 Å².